The van der Waals surface area contributed by atoms with Gasteiger partial charge in [0.1, 0.15) is 12.1 Å². The second-order valence-corrected chi connectivity index (χ2v) is 2.66. The van der Waals surface area contributed by atoms with Gasteiger partial charge >= 0.3 is 0 Å². The summed E-state index contributed by atoms with van der Waals surface area (Å²) in [6.07, 6.45) is 1.84. The molecule has 1 aromatic heterocycles. The van der Waals surface area contributed by atoms with E-state index in [1.165, 1.54) is 18.5 Å². The molecule has 0 radical (unpaired) electrons. The number of aldehydes is 1. The maximum atomic E-state index is 13.1. The minimum absolute atomic E-state index is 0.00995. The van der Waals surface area contributed by atoms with E-state index < -0.39 is 5.82 Å². The van der Waals surface area contributed by atoms with E-state index in [0.717, 1.165) is 0 Å². The summed E-state index contributed by atoms with van der Waals surface area (Å²) in [5.74, 6) is -0.180. The summed E-state index contributed by atoms with van der Waals surface area (Å²) in [6.45, 7) is 0. The lowest BCUT2D eigenvalue weighted by atomic mass is 10.1. The summed E-state index contributed by atoms with van der Waals surface area (Å²) in [5, 5.41) is 7.26. The summed E-state index contributed by atoms with van der Waals surface area (Å²) in [7, 11) is 0. The van der Waals surface area contributed by atoms with Crippen molar-refractivity contribution in [3.8, 4) is 11.4 Å². The number of carbonyl (C=O) groups excluding carboxylic acids is 1. The van der Waals surface area contributed by atoms with Gasteiger partial charge in [-0.3, -0.25) is 4.79 Å². The summed E-state index contributed by atoms with van der Waals surface area (Å²) < 4.78 is 13.1. The van der Waals surface area contributed by atoms with Gasteiger partial charge < -0.3 is 4.98 Å². The van der Waals surface area contributed by atoms with E-state index in [-0.39, 0.29) is 5.56 Å². The van der Waals surface area contributed by atoms with E-state index in [4.69, 9.17) is 0 Å². The molecule has 1 N–H and O–H groups in total. The molecule has 1 heterocycles. The molecule has 0 aliphatic rings. The number of H-pyrrole nitrogens is 1. The maximum absolute atomic E-state index is 13.1. The zero-order valence-electron chi connectivity index (χ0n) is 7.07. The van der Waals surface area contributed by atoms with Gasteiger partial charge in [0.25, 0.3) is 0 Å². The topological polar surface area (TPSA) is 58.6 Å². The fraction of sp³-hybridized carbons (Fsp3) is 0. The molecule has 0 amide bonds. The zero-order valence-corrected chi connectivity index (χ0v) is 7.07. The number of rotatable bonds is 2. The van der Waals surface area contributed by atoms with Crippen LogP contribution in [0.25, 0.3) is 11.4 Å². The van der Waals surface area contributed by atoms with Crippen LogP contribution in [0, 0.1) is 5.82 Å². The molecule has 2 aromatic rings. The number of hydrogen-bond acceptors (Lipinski definition) is 3. The largest absolute Gasteiger partial charge is 0.328 e. The molecule has 0 aliphatic carbocycles. The molecule has 0 saturated carbocycles. The molecule has 2 rings (SSSR count). The Morgan fingerprint density at radius 2 is 2.29 bits per heavy atom. The Labute approximate surface area is 78.8 Å². The lowest BCUT2D eigenvalue weighted by Crippen LogP contribution is -1.93. The molecule has 0 atom stereocenters. The first kappa shape index (κ1) is 8.55. The van der Waals surface area contributed by atoms with Gasteiger partial charge in [0.2, 0.25) is 0 Å². The van der Waals surface area contributed by atoms with Crippen molar-refractivity contribution >= 4 is 6.29 Å². The van der Waals surface area contributed by atoms with Crippen molar-refractivity contribution in [3.05, 3.63) is 35.9 Å². The molecule has 0 unspecified atom stereocenters. The van der Waals surface area contributed by atoms with E-state index >= 15 is 0 Å². The van der Waals surface area contributed by atoms with Crippen molar-refractivity contribution in [3.63, 3.8) is 0 Å². The van der Waals surface area contributed by atoms with Crippen molar-refractivity contribution in [1.29, 1.82) is 0 Å². The highest BCUT2D eigenvalue weighted by molar-refractivity contribution is 5.85. The number of nitrogens with zero attached hydrogens (tertiary/aromatic N) is 2. The minimum atomic E-state index is -0.561. The summed E-state index contributed by atoms with van der Waals surface area (Å²) in [5.41, 5.74) is 0.404. The smallest absolute Gasteiger partial charge is 0.161 e. The first-order valence-corrected chi connectivity index (χ1v) is 3.93. The van der Waals surface area contributed by atoms with Crippen LogP contribution in [0.5, 0.6) is 0 Å². The molecular weight excluding hydrogens is 185 g/mol. The molecular formula is C9H6FN3O. The van der Waals surface area contributed by atoms with E-state index in [1.807, 2.05) is 0 Å². The molecule has 0 fully saturated rings. The molecule has 0 saturated heterocycles. The van der Waals surface area contributed by atoms with Gasteiger partial charge in [-0.1, -0.05) is 12.1 Å². The fourth-order valence-electron chi connectivity index (χ4n) is 1.20. The maximum Gasteiger partial charge on any atom is 0.161 e. The lowest BCUT2D eigenvalue weighted by molar-refractivity contribution is 0.112. The van der Waals surface area contributed by atoms with Crippen LogP contribution in [-0.2, 0) is 0 Å². The zero-order chi connectivity index (χ0) is 9.97. The Bertz CT molecular complexity index is 453. The van der Waals surface area contributed by atoms with Gasteiger partial charge in [-0.15, -0.1) is 10.2 Å². The Morgan fingerprint density at radius 1 is 1.43 bits per heavy atom. The number of aromatic amines is 1. The Kier molecular flexibility index (Phi) is 2.06. The van der Waals surface area contributed by atoms with Crippen molar-refractivity contribution < 1.29 is 9.18 Å². The minimum Gasteiger partial charge on any atom is -0.328 e. The fourth-order valence-corrected chi connectivity index (χ4v) is 1.20. The van der Waals surface area contributed by atoms with Crippen molar-refractivity contribution in [1.82, 2.24) is 15.2 Å². The third-order valence-electron chi connectivity index (χ3n) is 1.84. The van der Waals surface area contributed by atoms with Gasteiger partial charge in [0, 0.05) is 5.56 Å². The number of halogens is 1. The molecule has 70 valence electrons. The van der Waals surface area contributed by atoms with Gasteiger partial charge in [-0.05, 0) is 6.07 Å². The van der Waals surface area contributed by atoms with E-state index in [1.54, 1.807) is 6.07 Å². The monoisotopic (exact) mass is 191 g/mol. The van der Waals surface area contributed by atoms with Crippen LogP contribution in [0.3, 0.4) is 0 Å². The Balaban J connectivity index is 2.64. The molecule has 0 spiro atoms. The van der Waals surface area contributed by atoms with Crippen LogP contribution in [0.4, 0.5) is 4.39 Å². The van der Waals surface area contributed by atoms with Crippen LogP contribution in [0.1, 0.15) is 10.4 Å². The first-order valence-electron chi connectivity index (χ1n) is 3.93. The second kappa shape index (κ2) is 3.37. The Morgan fingerprint density at radius 3 is 2.93 bits per heavy atom. The third kappa shape index (κ3) is 1.28. The number of benzene rings is 1. The highest BCUT2D eigenvalue weighted by atomic mass is 19.1. The molecule has 1 aromatic carbocycles. The van der Waals surface area contributed by atoms with Gasteiger partial charge in [0.05, 0.1) is 5.56 Å². The predicted molar refractivity (Wildman–Crippen MR) is 47.2 cm³/mol. The van der Waals surface area contributed by atoms with Crippen LogP contribution in [0.2, 0.25) is 0 Å². The molecule has 0 bridgehead atoms. The highest BCUT2D eigenvalue weighted by Crippen LogP contribution is 2.20. The van der Waals surface area contributed by atoms with Gasteiger partial charge in [-0.2, -0.15) is 0 Å². The van der Waals surface area contributed by atoms with Crippen molar-refractivity contribution in [2.24, 2.45) is 0 Å². The number of hydrogen-bond donors (Lipinski definition) is 1. The van der Waals surface area contributed by atoms with E-state index in [0.29, 0.717) is 17.7 Å². The average molecular weight is 191 g/mol. The summed E-state index contributed by atoms with van der Waals surface area (Å²) in [6, 6.07) is 4.34. The number of nitrogens with one attached hydrogen (secondary N) is 1. The Hall–Kier alpha value is -2.04. The second-order valence-electron chi connectivity index (χ2n) is 2.66. The molecule has 14 heavy (non-hydrogen) atoms. The predicted octanol–water partition coefficient (Wildman–Crippen LogP) is 1.42. The number of carbonyl (C=O) groups is 1. The van der Waals surface area contributed by atoms with E-state index in [9.17, 15) is 9.18 Å². The summed E-state index contributed by atoms with van der Waals surface area (Å²) in [4.78, 5) is 13.3. The van der Waals surface area contributed by atoms with Crippen molar-refractivity contribution in [2.75, 3.05) is 0 Å². The lowest BCUT2D eigenvalue weighted by Gasteiger charge is -2.00. The van der Waals surface area contributed by atoms with Gasteiger partial charge in [0.15, 0.2) is 12.1 Å². The normalized spacial score (nSPS) is 10.1. The standard InChI is InChI=1S/C9H6FN3O/c10-8-3-1-2-6(7(8)4-14)9-11-5-12-13-9/h1-5H,(H,11,12,13). The summed E-state index contributed by atoms with van der Waals surface area (Å²) >= 11 is 0. The van der Waals surface area contributed by atoms with Crippen LogP contribution in [-0.4, -0.2) is 21.5 Å². The average Bonchev–Trinajstić information content (AvgIpc) is 2.70. The highest BCUT2D eigenvalue weighted by Gasteiger charge is 2.10. The van der Waals surface area contributed by atoms with Crippen molar-refractivity contribution in [2.45, 2.75) is 0 Å². The third-order valence-corrected chi connectivity index (χ3v) is 1.84. The SMILES string of the molecule is O=Cc1c(F)cccc1-c1nnc[nH]1. The molecule has 4 nitrogen and oxygen atoms in total. The molecule has 0 aliphatic heterocycles. The van der Waals surface area contributed by atoms with Gasteiger partial charge in [-0.25, -0.2) is 4.39 Å². The first-order chi connectivity index (χ1) is 6.83. The number of aromatic nitrogens is 3. The van der Waals surface area contributed by atoms with E-state index in [2.05, 4.69) is 15.2 Å². The van der Waals surface area contributed by atoms with Crippen LogP contribution >= 0.6 is 0 Å². The van der Waals surface area contributed by atoms with Crippen LogP contribution < -0.4 is 0 Å². The van der Waals surface area contributed by atoms with Crippen LogP contribution in [0.15, 0.2) is 24.5 Å². The molecule has 5 heteroatoms. The quantitative estimate of drug-likeness (QED) is 0.730.